The van der Waals surface area contributed by atoms with Crippen molar-refractivity contribution in [3.8, 4) is 0 Å². The third kappa shape index (κ3) is 2.44. The van der Waals surface area contributed by atoms with Gasteiger partial charge in [0.05, 0.1) is 12.9 Å². The van der Waals surface area contributed by atoms with Crippen molar-refractivity contribution in [1.82, 2.24) is 0 Å². The van der Waals surface area contributed by atoms with Crippen LogP contribution in [0.25, 0.3) is 0 Å². The third-order valence-corrected chi connectivity index (χ3v) is 1.87. The van der Waals surface area contributed by atoms with Gasteiger partial charge in [-0.05, 0) is 5.56 Å². The minimum Gasteiger partial charge on any atom is -0.435 e. The molecule has 74 valence electrons. The molecule has 14 heavy (non-hydrogen) atoms. The average Bonchev–Trinajstić information content (AvgIpc) is 2.21. The molecule has 3 nitrogen and oxygen atoms in total. The lowest BCUT2D eigenvalue weighted by molar-refractivity contribution is -0.140. The molecule has 1 atom stereocenters. The molecule has 0 aliphatic rings. The minimum atomic E-state index is -0.630. The van der Waals surface area contributed by atoms with Crippen molar-refractivity contribution >= 4 is 5.97 Å². The van der Waals surface area contributed by atoms with E-state index in [1.54, 1.807) is 24.3 Å². The Hall–Kier alpha value is -1.61. The summed E-state index contributed by atoms with van der Waals surface area (Å²) in [7, 11) is 0. The highest BCUT2D eigenvalue weighted by atomic mass is 16.5. The smallest absolute Gasteiger partial charge is 0.320 e. The molecule has 1 aromatic rings. The van der Waals surface area contributed by atoms with Gasteiger partial charge < -0.3 is 9.84 Å². The highest BCUT2D eigenvalue weighted by Gasteiger charge is 2.20. The minimum absolute atomic E-state index is 0.267. The number of benzene rings is 1. The fourth-order valence-electron chi connectivity index (χ4n) is 1.17. The molecule has 0 radical (unpaired) electrons. The predicted molar refractivity (Wildman–Crippen MR) is 52.6 cm³/mol. The second-order valence-electron chi connectivity index (χ2n) is 2.75. The van der Waals surface area contributed by atoms with Crippen molar-refractivity contribution in [2.24, 2.45) is 0 Å². The van der Waals surface area contributed by atoms with Crippen LogP contribution in [0.3, 0.4) is 0 Å². The maximum Gasteiger partial charge on any atom is 0.320 e. The van der Waals surface area contributed by atoms with Crippen LogP contribution in [0.1, 0.15) is 11.5 Å². The van der Waals surface area contributed by atoms with Crippen molar-refractivity contribution in [1.29, 1.82) is 0 Å². The highest BCUT2D eigenvalue weighted by molar-refractivity contribution is 5.78. The van der Waals surface area contributed by atoms with Gasteiger partial charge in [-0.25, -0.2) is 0 Å². The molecule has 1 aromatic carbocycles. The van der Waals surface area contributed by atoms with Crippen LogP contribution in [-0.4, -0.2) is 17.7 Å². The summed E-state index contributed by atoms with van der Waals surface area (Å²) in [5, 5.41) is 9.04. The summed E-state index contributed by atoms with van der Waals surface area (Å²) in [5.74, 6) is -1.12. The van der Waals surface area contributed by atoms with Gasteiger partial charge in [-0.15, -0.1) is 0 Å². The number of carbonyl (C=O) groups excluding carboxylic acids is 1. The summed E-state index contributed by atoms with van der Waals surface area (Å²) < 4.78 is 4.61. The summed E-state index contributed by atoms with van der Waals surface area (Å²) in [4.78, 5) is 11.3. The fourth-order valence-corrected chi connectivity index (χ4v) is 1.17. The number of carbonyl (C=O) groups is 1. The highest BCUT2D eigenvalue weighted by Crippen LogP contribution is 2.16. The largest absolute Gasteiger partial charge is 0.435 e. The van der Waals surface area contributed by atoms with E-state index in [1.165, 1.54) is 0 Å². The van der Waals surface area contributed by atoms with Crippen molar-refractivity contribution < 1.29 is 14.6 Å². The van der Waals surface area contributed by atoms with E-state index >= 15 is 0 Å². The van der Waals surface area contributed by atoms with E-state index < -0.39 is 11.9 Å². The lowest BCUT2D eigenvalue weighted by Crippen LogP contribution is -2.17. The Morgan fingerprint density at radius 1 is 1.50 bits per heavy atom. The number of esters is 1. The molecule has 0 aliphatic heterocycles. The van der Waals surface area contributed by atoms with Crippen LogP contribution >= 0.6 is 0 Å². The number of aliphatic hydroxyl groups is 1. The Bertz CT molecular complexity index is 306. The number of hydrogen-bond acceptors (Lipinski definition) is 3. The van der Waals surface area contributed by atoms with Crippen molar-refractivity contribution in [2.75, 3.05) is 6.61 Å². The molecule has 0 aliphatic carbocycles. The number of ether oxygens (including phenoxy) is 1. The molecule has 0 saturated heterocycles. The zero-order valence-electron chi connectivity index (χ0n) is 7.72. The van der Waals surface area contributed by atoms with Crippen LogP contribution in [-0.2, 0) is 9.53 Å². The number of aliphatic hydroxyl groups excluding tert-OH is 1. The van der Waals surface area contributed by atoms with Crippen LogP contribution in [0.4, 0.5) is 0 Å². The second-order valence-corrected chi connectivity index (χ2v) is 2.75. The van der Waals surface area contributed by atoms with Crippen LogP contribution in [0.15, 0.2) is 43.2 Å². The van der Waals surface area contributed by atoms with Crippen molar-refractivity contribution in [2.45, 2.75) is 5.92 Å². The van der Waals surface area contributed by atoms with E-state index in [2.05, 4.69) is 11.3 Å². The predicted octanol–water partition coefficient (Wildman–Crippen LogP) is 1.45. The quantitative estimate of drug-likeness (QED) is 0.580. The molecule has 1 N–H and O–H groups in total. The Kier molecular flexibility index (Phi) is 3.88. The van der Waals surface area contributed by atoms with Gasteiger partial charge in [0.25, 0.3) is 0 Å². The molecule has 3 heteroatoms. The number of rotatable bonds is 4. The van der Waals surface area contributed by atoms with Gasteiger partial charge in [-0.1, -0.05) is 36.9 Å². The number of hydrogen-bond donors (Lipinski definition) is 1. The molecule has 0 fully saturated rings. The fraction of sp³-hybridized carbons (Fsp3) is 0.182. The van der Waals surface area contributed by atoms with Gasteiger partial charge in [0.2, 0.25) is 0 Å². The second kappa shape index (κ2) is 5.19. The van der Waals surface area contributed by atoms with E-state index in [-0.39, 0.29) is 6.61 Å². The zero-order chi connectivity index (χ0) is 10.4. The first-order chi connectivity index (χ1) is 6.79. The lowest BCUT2D eigenvalue weighted by Gasteiger charge is -2.11. The van der Waals surface area contributed by atoms with Gasteiger partial charge in [0.1, 0.15) is 5.92 Å². The summed E-state index contributed by atoms with van der Waals surface area (Å²) >= 11 is 0. The first-order valence-corrected chi connectivity index (χ1v) is 4.26. The molecule has 1 rings (SSSR count). The first-order valence-electron chi connectivity index (χ1n) is 4.26. The zero-order valence-corrected chi connectivity index (χ0v) is 7.72. The molecule has 0 aromatic heterocycles. The summed E-state index contributed by atoms with van der Waals surface area (Å²) in [6.45, 7) is 3.02. The van der Waals surface area contributed by atoms with Crippen molar-refractivity contribution in [3.05, 3.63) is 48.7 Å². The summed E-state index contributed by atoms with van der Waals surface area (Å²) in [6.07, 6.45) is 1.06. The molecule has 0 saturated carbocycles. The van der Waals surface area contributed by atoms with Gasteiger partial charge in [0, 0.05) is 0 Å². The molecule has 1 unspecified atom stereocenters. The maximum absolute atomic E-state index is 11.3. The molecule has 0 spiro atoms. The lowest BCUT2D eigenvalue weighted by atomic mass is 10.0. The average molecular weight is 192 g/mol. The Balaban J connectivity index is 2.82. The Morgan fingerprint density at radius 2 is 2.14 bits per heavy atom. The Morgan fingerprint density at radius 3 is 2.64 bits per heavy atom. The van der Waals surface area contributed by atoms with Crippen LogP contribution in [0, 0.1) is 0 Å². The van der Waals surface area contributed by atoms with E-state index in [1.807, 2.05) is 6.07 Å². The van der Waals surface area contributed by atoms with E-state index in [9.17, 15) is 4.79 Å². The third-order valence-electron chi connectivity index (χ3n) is 1.87. The van der Waals surface area contributed by atoms with E-state index in [0.717, 1.165) is 11.8 Å². The van der Waals surface area contributed by atoms with E-state index in [4.69, 9.17) is 5.11 Å². The first kappa shape index (κ1) is 10.5. The van der Waals surface area contributed by atoms with Crippen LogP contribution in [0.2, 0.25) is 0 Å². The van der Waals surface area contributed by atoms with Gasteiger partial charge in [-0.2, -0.15) is 0 Å². The molecule has 0 heterocycles. The topological polar surface area (TPSA) is 46.5 Å². The summed E-state index contributed by atoms with van der Waals surface area (Å²) in [6, 6.07) is 8.99. The van der Waals surface area contributed by atoms with Gasteiger partial charge in [0.15, 0.2) is 0 Å². The SMILES string of the molecule is C=COC(=O)C(CO)c1ccccc1. The van der Waals surface area contributed by atoms with Crippen LogP contribution < -0.4 is 0 Å². The van der Waals surface area contributed by atoms with Gasteiger partial charge in [-0.3, -0.25) is 4.79 Å². The monoisotopic (exact) mass is 192 g/mol. The summed E-state index contributed by atoms with van der Waals surface area (Å²) in [5.41, 5.74) is 0.738. The molecular formula is C11H12O3. The normalized spacial score (nSPS) is 11.8. The van der Waals surface area contributed by atoms with Gasteiger partial charge >= 0.3 is 5.97 Å². The maximum atomic E-state index is 11.3. The molecule has 0 amide bonds. The molecule has 0 bridgehead atoms. The molecular weight excluding hydrogens is 180 g/mol. The standard InChI is InChI=1S/C11H12O3/c1-2-14-11(13)10(8-12)9-6-4-3-5-7-9/h2-7,10,12H,1,8H2. The van der Waals surface area contributed by atoms with E-state index in [0.29, 0.717) is 0 Å². The van der Waals surface area contributed by atoms with Crippen molar-refractivity contribution in [3.63, 3.8) is 0 Å². The Labute approximate surface area is 82.6 Å². The van der Waals surface area contributed by atoms with Crippen LogP contribution in [0.5, 0.6) is 0 Å².